The summed E-state index contributed by atoms with van der Waals surface area (Å²) in [7, 11) is 4.10. The number of benzene rings is 2. The Labute approximate surface area is 173 Å². The molecule has 1 aliphatic rings. The van der Waals surface area contributed by atoms with Crippen molar-refractivity contribution in [2.45, 2.75) is 33.7 Å². The number of carbonyl (C=O) groups excluding carboxylic acids is 1. The van der Waals surface area contributed by atoms with Gasteiger partial charge in [0.2, 0.25) is 11.2 Å². The molecule has 0 bridgehead atoms. The van der Waals surface area contributed by atoms with Gasteiger partial charge in [0.15, 0.2) is 5.78 Å². The fourth-order valence-corrected chi connectivity index (χ4v) is 4.39. The number of hydrogen-bond acceptors (Lipinski definition) is 2. The molecule has 3 aromatic rings. The third kappa shape index (κ3) is 3.35. The van der Waals surface area contributed by atoms with Crippen molar-refractivity contribution in [3.63, 3.8) is 0 Å². The van der Waals surface area contributed by atoms with Crippen molar-refractivity contribution in [3.8, 4) is 0 Å². The van der Waals surface area contributed by atoms with Gasteiger partial charge in [-0.15, -0.1) is 0 Å². The summed E-state index contributed by atoms with van der Waals surface area (Å²) in [5, 5.41) is 1.12. The molecule has 1 aromatic heterocycles. The van der Waals surface area contributed by atoms with E-state index >= 15 is 0 Å². The number of ketones is 1. The number of allylic oxidation sites excluding steroid dienone is 1. The van der Waals surface area contributed by atoms with Gasteiger partial charge >= 0.3 is 0 Å². The van der Waals surface area contributed by atoms with Gasteiger partial charge in [-0.1, -0.05) is 38.1 Å². The maximum Gasteiger partial charge on any atom is 0.220 e. The Morgan fingerprint density at radius 2 is 1.76 bits per heavy atom. The minimum absolute atomic E-state index is 0.219. The Morgan fingerprint density at radius 3 is 2.41 bits per heavy atom. The summed E-state index contributed by atoms with van der Waals surface area (Å²) in [6, 6.07) is 19.0. The molecule has 0 amide bonds. The predicted octanol–water partition coefficient (Wildman–Crippen LogP) is 5.37. The third-order valence-corrected chi connectivity index (χ3v) is 5.98. The second-order valence-electron chi connectivity index (χ2n) is 8.74. The van der Waals surface area contributed by atoms with E-state index in [-0.39, 0.29) is 11.2 Å². The first-order valence-corrected chi connectivity index (χ1v) is 10.3. The summed E-state index contributed by atoms with van der Waals surface area (Å²) in [4.78, 5) is 15.2. The lowest BCUT2D eigenvalue weighted by molar-refractivity contribution is -0.670. The monoisotopic (exact) mass is 385 g/mol. The molecule has 0 aliphatic heterocycles. The molecule has 0 radical (unpaired) electrons. The molecule has 148 valence electrons. The quantitative estimate of drug-likeness (QED) is 0.566. The summed E-state index contributed by atoms with van der Waals surface area (Å²) in [5.41, 5.74) is 6.45. The van der Waals surface area contributed by atoms with Gasteiger partial charge in [0, 0.05) is 48.6 Å². The van der Waals surface area contributed by atoms with Crippen LogP contribution >= 0.6 is 0 Å². The van der Waals surface area contributed by atoms with Crippen molar-refractivity contribution < 1.29 is 9.36 Å². The van der Waals surface area contributed by atoms with Gasteiger partial charge in [-0.2, -0.15) is 4.57 Å². The number of nitrogens with zero attached hydrogens (tertiary/aromatic N) is 2. The number of carbonyl (C=O) groups is 1. The summed E-state index contributed by atoms with van der Waals surface area (Å²) in [5.74, 6) is 0.234. The van der Waals surface area contributed by atoms with E-state index in [2.05, 4.69) is 98.9 Å². The standard InChI is InChI=1S/C26H29N2O/c1-6-28-23-10-8-7-9-19(23)16-21-24(29)17-26(2,3)22(25(21)28)15-18-11-13-20(14-12-18)27(4)5/h7-16H,6,17H2,1-5H3/q+1. The lowest BCUT2D eigenvalue weighted by atomic mass is 9.70. The number of rotatable bonds is 3. The fraction of sp³-hybridized carbons (Fsp3) is 0.308. The van der Waals surface area contributed by atoms with Gasteiger partial charge in [-0.3, -0.25) is 4.79 Å². The summed E-state index contributed by atoms with van der Waals surface area (Å²) in [6.07, 6.45) is 2.80. The van der Waals surface area contributed by atoms with E-state index in [9.17, 15) is 4.79 Å². The van der Waals surface area contributed by atoms with Crippen molar-refractivity contribution in [2.24, 2.45) is 5.41 Å². The van der Waals surface area contributed by atoms with Crippen molar-refractivity contribution in [2.75, 3.05) is 19.0 Å². The molecule has 2 aromatic carbocycles. The van der Waals surface area contributed by atoms with E-state index in [4.69, 9.17) is 0 Å². The number of aryl methyl sites for hydroxylation is 1. The normalized spacial score (nSPS) is 16.9. The minimum Gasteiger partial charge on any atom is -0.378 e. The lowest BCUT2D eigenvalue weighted by Crippen LogP contribution is -2.44. The van der Waals surface area contributed by atoms with Crippen LogP contribution < -0.4 is 9.47 Å². The van der Waals surface area contributed by atoms with Crippen molar-refractivity contribution in [1.29, 1.82) is 0 Å². The zero-order valence-corrected chi connectivity index (χ0v) is 18.0. The first kappa shape index (κ1) is 19.4. The molecule has 0 atom stereocenters. The molecule has 0 unspecified atom stereocenters. The Bertz CT molecular complexity index is 1120. The molecule has 0 N–H and O–H groups in total. The molecule has 0 saturated heterocycles. The number of aromatic nitrogens is 1. The van der Waals surface area contributed by atoms with Gasteiger partial charge in [-0.25, -0.2) is 0 Å². The average molecular weight is 386 g/mol. The van der Waals surface area contributed by atoms with Crippen LogP contribution in [0.15, 0.2) is 54.6 Å². The fourth-order valence-electron chi connectivity index (χ4n) is 4.39. The number of fused-ring (bicyclic) bond motifs is 2. The number of Topliss-reactive ketones (excluding diaryl/α,β-unsaturated/α-hetero) is 1. The van der Waals surface area contributed by atoms with Crippen LogP contribution in [0.25, 0.3) is 22.6 Å². The van der Waals surface area contributed by atoms with Crippen molar-refractivity contribution in [3.05, 3.63) is 71.4 Å². The van der Waals surface area contributed by atoms with E-state index in [0.29, 0.717) is 6.42 Å². The largest absolute Gasteiger partial charge is 0.378 e. The first-order chi connectivity index (χ1) is 13.8. The van der Waals surface area contributed by atoms with Gasteiger partial charge in [-0.05, 0) is 42.8 Å². The summed E-state index contributed by atoms with van der Waals surface area (Å²) < 4.78 is 2.31. The smallest absolute Gasteiger partial charge is 0.220 e. The number of para-hydroxylation sites is 1. The second kappa shape index (κ2) is 7.14. The van der Waals surface area contributed by atoms with Crippen LogP contribution in [0.5, 0.6) is 0 Å². The molecule has 0 spiro atoms. The minimum atomic E-state index is -0.219. The van der Waals surface area contributed by atoms with Crippen LogP contribution in [0.4, 0.5) is 5.69 Å². The second-order valence-corrected chi connectivity index (χ2v) is 8.74. The molecule has 1 aliphatic carbocycles. The molecular weight excluding hydrogens is 356 g/mol. The highest BCUT2D eigenvalue weighted by atomic mass is 16.1. The maximum atomic E-state index is 13.1. The highest BCUT2D eigenvalue weighted by Crippen LogP contribution is 2.44. The van der Waals surface area contributed by atoms with Gasteiger partial charge < -0.3 is 4.90 Å². The topological polar surface area (TPSA) is 24.2 Å². The summed E-state index contributed by atoms with van der Waals surface area (Å²) in [6.45, 7) is 7.35. The van der Waals surface area contributed by atoms with E-state index in [0.717, 1.165) is 28.8 Å². The molecule has 29 heavy (non-hydrogen) atoms. The molecule has 4 rings (SSSR count). The molecule has 3 heteroatoms. The predicted molar refractivity (Wildman–Crippen MR) is 121 cm³/mol. The number of hydrogen-bond donors (Lipinski definition) is 0. The highest BCUT2D eigenvalue weighted by molar-refractivity contribution is 6.08. The van der Waals surface area contributed by atoms with Crippen LogP contribution in [-0.4, -0.2) is 19.9 Å². The van der Waals surface area contributed by atoms with Crippen LogP contribution in [0.1, 0.15) is 48.8 Å². The van der Waals surface area contributed by atoms with Crippen molar-refractivity contribution >= 4 is 34.0 Å². The van der Waals surface area contributed by atoms with E-state index < -0.39 is 0 Å². The molecule has 1 heterocycles. The lowest BCUT2D eigenvalue weighted by Gasteiger charge is -2.32. The molecular formula is C26H29N2O+. The Morgan fingerprint density at radius 1 is 1.07 bits per heavy atom. The number of pyridine rings is 1. The van der Waals surface area contributed by atoms with Gasteiger partial charge in [0.1, 0.15) is 6.54 Å². The maximum absolute atomic E-state index is 13.1. The van der Waals surface area contributed by atoms with Crippen molar-refractivity contribution in [1.82, 2.24) is 0 Å². The van der Waals surface area contributed by atoms with Gasteiger partial charge in [0.25, 0.3) is 0 Å². The summed E-state index contributed by atoms with van der Waals surface area (Å²) >= 11 is 0. The third-order valence-electron chi connectivity index (χ3n) is 5.98. The molecule has 3 nitrogen and oxygen atoms in total. The van der Waals surface area contributed by atoms with Gasteiger partial charge in [0.05, 0.1) is 5.56 Å². The Balaban J connectivity index is 1.98. The Kier molecular flexibility index (Phi) is 4.77. The van der Waals surface area contributed by atoms with E-state index in [1.54, 1.807) is 0 Å². The van der Waals surface area contributed by atoms with E-state index in [1.165, 1.54) is 16.8 Å². The van der Waals surface area contributed by atoms with E-state index in [1.807, 2.05) is 6.07 Å². The van der Waals surface area contributed by atoms with Crippen LogP contribution in [0, 0.1) is 5.41 Å². The zero-order chi connectivity index (χ0) is 20.8. The first-order valence-electron chi connectivity index (χ1n) is 10.3. The molecule has 0 saturated carbocycles. The van der Waals surface area contributed by atoms with Crippen LogP contribution in [0.2, 0.25) is 0 Å². The SMILES string of the molecule is CC[n+]1c2c(cc3ccccc31)C(=O)CC(C)(C)C2=Cc1ccc(N(C)C)cc1. The van der Waals surface area contributed by atoms with Crippen LogP contribution in [-0.2, 0) is 6.54 Å². The van der Waals surface area contributed by atoms with Crippen LogP contribution in [0.3, 0.4) is 0 Å². The Hall–Kier alpha value is -2.94. The zero-order valence-electron chi connectivity index (χ0n) is 18.0. The average Bonchev–Trinajstić information content (AvgIpc) is 2.69. The highest BCUT2D eigenvalue weighted by Gasteiger charge is 2.41. The number of anilines is 1. The molecule has 0 fully saturated rings.